The van der Waals surface area contributed by atoms with E-state index in [1.165, 1.54) is 17.9 Å². The molecule has 0 atom stereocenters. The van der Waals surface area contributed by atoms with Gasteiger partial charge in [0.2, 0.25) is 5.92 Å². The van der Waals surface area contributed by atoms with Crippen LogP contribution >= 0.6 is 0 Å². The van der Waals surface area contributed by atoms with Gasteiger partial charge >= 0.3 is 5.97 Å². The van der Waals surface area contributed by atoms with E-state index in [9.17, 15) is 13.6 Å². The fourth-order valence-electron chi connectivity index (χ4n) is 2.94. The summed E-state index contributed by atoms with van der Waals surface area (Å²) < 4.78 is 32.4. The first kappa shape index (κ1) is 16.0. The average Bonchev–Trinajstić information content (AvgIpc) is 2.88. The van der Waals surface area contributed by atoms with Gasteiger partial charge in [-0.05, 0) is 23.6 Å². The Labute approximate surface area is 137 Å². The number of carbonyl (C=O) groups excluding carboxylic acids is 1. The van der Waals surface area contributed by atoms with Gasteiger partial charge in [0.25, 0.3) is 0 Å². The molecule has 2 aromatic rings. The lowest BCUT2D eigenvalue weighted by molar-refractivity contribution is -0.0867. The summed E-state index contributed by atoms with van der Waals surface area (Å²) in [5.74, 6) is -3.50. The molecule has 3 rings (SSSR count). The summed E-state index contributed by atoms with van der Waals surface area (Å²) in [5.41, 5.74) is 7.41. The summed E-state index contributed by atoms with van der Waals surface area (Å²) in [7, 11) is 1.22. The minimum absolute atomic E-state index is 0.0323. The number of carbonyl (C=O) groups is 1. The number of anilines is 1. The van der Waals surface area contributed by atoms with E-state index in [1.807, 2.05) is 6.07 Å². The van der Waals surface area contributed by atoms with Crippen molar-refractivity contribution in [1.82, 2.24) is 4.57 Å². The largest absolute Gasteiger partial charge is 0.464 e. The Balaban J connectivity index is 2.04. The molecule has 1 aromatic carbocycles. The van der Waals surface area contributed by atoms with Gasteiger partial charge in [0.15, 0.2) is 5.69 Å². The molecule has 0 spiro atoms. The molecular formula is C17H15F2N3O2. The first-order valence-corrected chi connectivity index (χ1v) is 7.33. The van der Waals surface area contributed by atoms with Crippen LogP contribution in [0, 0.1) is 11.3 Å². The SMILES string of the molecule is COC(=O)c1c(N)c(C#N)cn1-c1cccc(C2CC(F)(F)C2)c1. The number of nitriles is 1. The Hall–Kier alpha value is -2.88. The lowest BCUT2D eigenvalue weighted by atomic mass is 9.76. The van der Waals surface area contributed by atoms with E-state index in [4.69, 9.17) is 15.7 Å². The van der Waals surface area contributed by atoms with Gasteiger partial charge < -0.3 is 15.0 Å². The van der Waals surface area contributed by atoms with E-state index in [1.54, 1.807) is 24.3 Å². The molecule has 0 radical (unpaired) electrons. The first-order valence-electron chi connectivity index (χ1n) is 7.33. The molecule has 124 valence electrons. The molecular weight excluding hydrogens is 316 g/mol. The number of aromatic nitrogens is 1. The van der Waals surface area contributed by atoms with Crippen molar-refractivity contribution in [3.8, 4) is 11.8 Å². The summed E-state index contributed by atoms with van der Waals surface area (Å²) in [6.45, 7) is 0. The number of rotatable bonds is 3. The Kier molecular flexibility index (Phi) is 3.76. The molecule has 7 heteroatoms. The third-order valence-corrected chi connectivity index (χ3v) is 4.25. The number of hydrogen-bond acceptors (Lipinski definition) is 4. The summed E-state index contributed by atoms with van der Waals surface area (Å²) >= 11 is 0. The molecule has 0 bridgehead atoms. The fourth-order valence-corrected chi connectivity index (χ4v) is 2.94. The molecule has 5 nitrogen and oxygen atoms in total. The number of benzene rings is 1. The maximum Gasteiger partial charge on any atom is 0.357 e. The molecule has 0 unspecified atom stereocenters. The van der Waals surface area contributed by atoms with Crippen LogP contribution < -0.4 is 5.73 Å². The number of methoxy groups -OCH3 is 1. The van der Waals surface area contributed by atoms with E-state index in [2.05, 4.69) is 0 Å². The summed E-state index contributed by atoms with van der Waals surface area (Å²) in [5, 5.41) is 9.13. The molecule has 1 fully saturated rings. The number of alkyl halides is 2. The van der Waals surface area contributed by atoms with Crippen LogP contribution in [-0.4, -0.2) is 23.6 Å². The second kappa shape index (κ2) is 5.64. The van der Waals surface area contributed by atoms with Crippen LogP contribution in [0.5, 0.6) is 0 Å². The number of hydrogen-bond donors (Lipinski definition) is 1. The number of nitrogen functional groups attached to an aromatic ring is 1. The molecule has 1 heterocycles. The predicted molar refractivity (Wildman–Crippen MR) is 83.2 cm³/mol. The molecule has 24 heavy (non-hydrogen) atoms. The van der Waals surface area contributed by atoms with E-state index in [0.29, 0.717) is 5.69 Å². The summed E-state index contributed by atoms with van der Waals surface area (Å²) in [6.07, 6.45) is 1.07. The van der Waals surface area contributed by atoms with Gasteiger partial charge in [-0.1, -0.05) is 12.1 Å². The Morgan fingerprint density at radius 3 is 2.75 bits per heavy atom. The standard InChI is InChI=1S/C17H15F2N3O2/c1-24-16(23)15-14(21)12(8-20)9-22(15)13-4-2-3-10(5-13)11-6-17(18,19)7-11/h2-5,9,11H,6-7,21H2,1H3. The molecule has 0 saturated heterocycles. The van der Waals surface area contributed by atoms with Gasteiger partial charge in [0, 0.05) is 24.7 Å². The number of halogens is 2. The average molecular weight is 331 g/mol. The van der Waals surface area contributed by atoms with Crippen LogP contribution in [0.25, 0.3) is 5.69 Å². The topological polar surface area (TPSA) is 81.0 Å². The molecule has 2 N–H and O–H groups in total. The van der Waals surface area contributed by atoms with Crippen LogP contribution in [0.15, 0.2) is 30.5 Å². The lowest BCUT2D eigenvalue weighted by Crippen LogP contribution is -2.33. The van der Waals surface area contributed by atoms with E-state index in [-0.39, 0.29) is 35.7 Å². The third-order valence-electron chi connectivity index (χ3n) is 4.25. The number of esters is 1. The van der Waals surface area contributed by atoms with Crippen molar-refractivity contribution >= 4 is 11.7 Å². The van der Waals surface area contributed by atoms with Crippen molar-refractivity contribution in [2.75, 3.05) is 12.8 Å². The minimum Gasteiger partial charge on any atom is -0.464 e. The smallest absolute Gasteiger partial charge is 0.357 e. The van der Waals surface area contributed by atoms with Gasteiger partial charge in [-0.2, -0.15) is 5.26 Å². The number of ether oxygens (including phenoxy) is 1. The van der Waals surface area contributed by atoms with Gasteiger partial charge in [-0.25, -0.2) is 13.6 Å². The summed E-state index contributed by atoms with van der Waals surface area (Å²) in [4.78, 5) is 12.0. The molecule has 0 amide bonds. The van der Waals surface area contributed by atoms with Crippen molar-refractivity contribution in [3.05, 3.63) is 47.3 Å². The van der Waals surface area contributed by atoms with E-state index in [0.717, 1.165) is 5.56 Å². The highest BCUT2D eigenvalue weighted by Gasteiger charge is 2.45. The van der Waals surface area contributed by atoms with Crippen molar-refractivity contribution in [2.24, 2.45) is 0 Å². The van der Waals surface area contributed by atoms with Gasteiger partial charge in [0.05, 0.1) is 18.4 Å². The molecule has 0 aliphatic heterocycles. The van der Waals surface area contributed by atoms with Crippen molar-refractivity contribution < 1.29 is 18.3 Å². The first-order chi connectivity index (χ1) is 11.4. The highest BCUT2D eigenvalue weighted by molar-refractivity contribution is 5.95. The molecule has 1 saturated carbocycles. The Morgan fingerprint density at radius 2 is 2.17 bits per heavy atom. The molecule has 1 aliphatic rings. The minimum atomic E-state index is -2.61. The van der Waals surface area contributed by atoms with Crippen molar-refractivity contribution in [3.63, 3.8) is 0 Å². The van der Waals surface area contributed by atoms with Gasteiger partial charge in [-0.15, -0.1) is 0 Å². The normalized spacial score (nSPS) is 16.2. The predicted octanol–water partition coefficient (Wildman–Crippen LogP) is 3.23. The van der Waals surface area contributed by atoms with Crippen LogP contribution in [0.4, 0.5) is 14.5 Å². The molecule has 1 aromatic heterocycles. The second-order valence-electron chi connectivity index (χ2n) is 5.83. The molecule has 1 aliphatic carbocycles. The highest BCUT2D eigenvalue weighted by atomic mass is 19.3. The maximum absolute atomic E-state index is 13.1. The second-order valence-corrected chi connectivity index (χ2v) is 5.83. The van der Waals surface area contributed by atoms with Crippen LogP contribution in [0.2, 0.25) is 0 Å². The monoisotopic (exact) mass is 331 g/mol. The van der Waals surface area contributed by atoms with Crippen molar-refractivity contribution in [2.45, 2.75) is 24.7 Å². The zero-order chi connectivity index (χ0) is 17.5. The van der Waals surface area contributed by atoms with Crippen molar-refractivity contribution in [1.29, 1.82) is 5.26 Å². The quantitative estimate of drug-likeness (QED) is 0.876. The van der Waals surface area contributed by atoms with Gasteiger partial charge in [0.1, 0.15) is 6.07 Å². The zero-order valence-corrected chi connectivity index (χ0v) is 12.9. The Bertz CT molecular complexity index is 844. The van der Waals surface area contributed by atoms with Crippen LogP contribution in [0.1, 0.15) is 40.4 Å². The maximum atomic E-state index is 13.1. The number of nitrogens with zero attached hydrogens (tertiary/aromatic N) is 2. The van der Waals surface area contributed by atoms with Crippen LogP contribution in [-0.2, 0) is 4.74 Å². The lowest BCUT2D eigenvalue weighted by Gasteiger charge is -2.35. The fraction of sp³-hybridized carbons (Fsp3) is 0.294. The van der Waals surface area contributed by atoms with Gasteiger partial charge in [-0.3, -0.25) is 0 Å². The van der Waals surface area contributed by atoms with E-state index < -0.39 is 11.9 Å². The number of nitrogens with two attached hydrogens (primary N) is 1. The van der Waals surface area contributed by atoms with E-state index >= 15 is 0 Å². The highest BCUT2D eigenvalue weighted by Crippen LogP contribution is 2.48. The zero-order valence-electron chi connectivity index (χ0n) is 12.9. The summed E-state index contributed by atoms with van der Waals surface area (Å²) in [6, 6.07) is 8.87. The third kappa shape index (κ3) is 2.60. The van der Waals surface area contributed by atoms with Crippen LogP contribution in [0.3, 0.4) is 0 Å². The Morgan fingerprint density at radius 1 is 1.46 bits per heavy atom.